The Labute approximate surface area is 121 Å². The lowest BCUT2D eigenvalue weighted by atomic mass is 10.1. The fourth-order valence-corrected chi connectivity index (χ4v) is 1.86. The molecule has 1 unspecified atom stereocenters. The van der Waals surface area contributed by atoms with Gasteiger partial charge >= 0.3 is 5.97 Å². The molecule has 19 heavy (non-hydrogen) atoms. The van der Waals surface area contributed by atoms with Crippen molar-refractivity contribution < 1.29 is 19.4 Å². The number of hydrogen-bond acceptors (Lipinski definition) is 3. The normalized spacial score (nSPS) is 12.5. The number of halogens is 1. The van der Waals surface area contributed by atoms with E-state index in [1.165, 1.54) is 0 Å². The van der Waals surface area contributed by atoms with Crippen LogP contribution >= 0.6 is 11.6 Å². The number of carboxylic acid groups (broad SMARTS) is 1. The molecule has 0 radical (unpaired) electrons. The lowest BCUT2D eigenvalue weighted by Gasteiger charge is -2.13. The first-order valence-electron chi connectivity index (χ1n) is 7.20. The van der Waals surface area contributed by atoms with E-state index in [1.807, 2.05) is 6.92 Å². The van der Waals surface area contributed by atoms with Crippen LogP contribution in [0.15, 0.2) is 0 Å². The Hall–Kier alpha value is -0.320. The summed E-state index contributed by atoms with van der Waals surface area (Å²) in [7, 11) is 0. The zero-order chi connectivity index (χ0) is 14.3. The van der Waals surface area contributed by atoms with Crippen molar-refractivity contribution in [2.45, 2.75) is 58.0 Å². The number of carboxylic acids is 1. The topological polar surface area (TPSA) is 55.8 Å². The van der Waals surface area contributed by atoms with Crippen molar-refractivity contribution >= 4 is 17.6 Å². The lowest BCUT2D eigenvalue weighted by molar-refractivity contribution is -0.151. The Kier molecular flexibility index (Phi) is 13.9. The Morgan fingerprint density at radius 1 is 1.11 bits per heavy atom. The molecule has 0 aromatic rings. The largest absolute Gasteiger partial charge is 0.479 e. The van der Waals surface area contributed by atoms with Gasteiger partial charge in [0.1, 0.15) is 0 Å². The average molecular weight is 295 g/mol. The van der Waals surface area contributed by atoms with Crippen LogP contribution in [0.4, 0.5) is 0 Å². The highest BCUT2D eigenvalue weighted by molar-refractivity contribution is 6.17. The van der Waals surface area contributed by atoms with Gasteiger partial charge in [-0.25, -0.2) is 4.79 Å². The molecule has 0 saturated heterocycles. The summed E-state index contributed by atoms with van der Waals surface area (Å²) in [4.78, 5) is 10.9. The second kappa shape index (κ2) is 14.1. The molecule has 0 bridgehead atoms. The smallest absolute Gasteiger partial charge is 0.332 e. The van der Waals surface area contributed by atoms with Crippen LogP contribution in [0, 0.1) is 0 Å². The highest BCUT2D eigenvalue weighted by Gasteiger charge is 2.16. The first-order chi connectivity index (χ1) is 9.22. The van der Waals surface area contributed by atoms with Gasteiger partial charge in [-0.1, -0.05) is 32.6 Å². The first kappa shape index (κ1) is 18.7. The van der Waals surface area contributed by atoms with E-state index in [2.05, 4.69) is 0 Å². The van der Waals surface area contributed by atoms with Crippen LogP contribution in [-0.2, 0) is 14.3 Å². The molecule has 0 spiro atoms. The zero-order valence-electron chi connectivity index (χ0n) is 11.9. The van der Waals surface area contributed by atoms with Gasteiger partial charge in [0.15, 0.2) is 6.10 Å². The Bertz CT molecular complexity index is 212. The van der Waals surface area contributed by atoms with Gasteiger partial charge in [0.25, 0.3) is 0 Å². The third-order valence-electron chi connectivity index (χ3n) is 2.81. The van der Waals surface area contributed by atoms with E-state index < -0.39 is 12.1 Å². The molecule has 0 heterocycles. The van der Waals surface area contributed by atoms with Crippen LogP contribution in [0.5, 0.6) is 0 Å². The van der Waals surface area contributed by atoms with E-state index in [9.17, 15) is 4.79 Å². The second-order valence-corrected chi connectivity index (χ2v) is 4.93. The van der Waals surface area contributed by atoms with E-state index in [1.54, 1.807) is 0 Å². The van der Waals surface area contributed by atoms with E-state index in [-0.39, 0.29) is 0 Å². The van der Waals surface area contributed by atoms with Crippen LogP contribution in [0.25, 0.3) is 0 Å². The molecule has 0 aromatic carbocycles. The third-order valence-corrected chi connectivity index (χ3v) is 3.08. The third kappa shape index (κ3) is 12.5. The van der Waals surface area contributed by atoms with Crippen molar-refractivity contribution in [3.05, 3.63) is 0 Å². The number of carbonyl (C=O) groups is 1. The van der Waals surface area contributed by atoms with Crippen LogP contribution in [0.3, 0.4) is 0 Å². The molecule has 0 fully saturated rings. The summed E-state index contributed by atoms with van der Waals surface area (Å²) in [6.45, 7) is 3.55. The minimum atomic E-state index is -0.880. The van der Waals surface area contributed by atoms with Crippen molar-refractivity contribution in [3.8, 4) is 0 Å². The Balaban J connectivity index is 3.37. The highest BCUT2D eigenvalue weighted by Crippen LogP contribution is 2.05. The fourth-order valence-electron chi connectivity index (χ4n) is 1.67. The summed E-state index contributed by atoms with van der Waals surface area (Å²) in [6.07, 6.45) is 6.09. The average Bonchev–Trinajstić information content (AvgIpc) is 2.39. The van der Waals surface area contributed by atoms with E-state index >= 15 is 0 Å². The maximum absolute atomic E-state index is 10.9. The Morgan fingerprint density at radius 2 is 1.84 bits per heavy atom. The Morgan fingerprint density at radius 3 is 2.47 bits per heavy atom. The van der Waals surface area contributed by atoms with Gasteiger partial charge in [0, 0.05) is 12.5 Å². The number of rotatable bonds is 14. The SMILES string of the molecule is CCCCC(OCCOCCCCCCCl)C(=O)O. The second-order valence-electron chi connectivity index (χ2n) is 4.56. The van der Waals surface area contributed by atoms with Crippen molar-refractivity contribution in [2.75, 3.05) is 25.7 Å². The number of hydrogen-bond donors (Lipinski definition) is 1. The van der Waals surface area contributed by atoms with Gasteiger partial charge in [0.2, 0.25) is 0 Å². The van der Waals surface area contributed by atoms with Crippen LogP contribution in [-0.4, -0.2) is 42.9 Å². The fraction of sp³-hybridized carbons (Fsp3) is 0.929. The number of ether oxygens (including phenoxy) is 2. The van der Waals surface area contributed by atoms with Crippen LogP contribution in [0.1, 0.15) is 51.9 Å². The van der Waals surface area contributed by atoms with Gasteiger partial charge in [-0.2, -0.15) is 0 Å². The van der Waals surface area contributed by atoms with Crippen LogP contribution < -0.4 is 0 Å². The summed E-state index contributed by atoms with van der Waals surface area (Å²) in [5, 5.41) is 8.95. The van der Waals surface area contributed by atoms with Gasteiger partial charge < -0.3 is 14.6 Å². The van der Waals surface area contributed by atoms with Crippen molar-refractivity contribution in [2.24, 2.45) is 0 Å². The van der Waals surface area contributed by atoms with Gasteiger partial charge in [0.05, 0.1) is 13.2 Å². The molecule has 114 valence electrons. The molecule has 0 aromatic heterocycles. The summed E-state index contributed by atoms with van der Waals surface area (Å²) in [6, 6.07) is 0. The molecular weight excluding hydrogens is 268 g/mol. The molecule has 5 heteroatoms. The molecule has 1 N–H and O–H groups in total. The predicted molar refractivity (Wildman–Crippen MR) is 76.9 cm³/mol. The standard InChI is InChI=1S/C14H27ClO4/c1-2-3-8-13(14(16)17)19-12-11-18-10-7-5-4-6-9-15/h13H,2-12H2,1H3,(H,16,17). The summed E-state index contributed by atoms with van der Waals surface area (Å²) in [5.41, 5.74) is 0. The van der Waals surface area contributed by atoms with E-state index in [0.717, 1.165) is 44.4 Å². The lowest BCUT2D eigenvalue weighted by Crippen LogP contribution is -2.25. The molecule has 0 aliphatic rings. The van der Waals surface area contributed by atoms with Gasteiger partial charge in [-0.05, 0) is 19.3 Å². The predicted octanol–water partition coefficient (Wildman–Crippen LogP) is 3.46. The van der Waals surface area contributed by atoms with Crippen LogP contribution in [0.2, 0.25) is 0 Å². The minimum Gasteiger partial charge on any atom is -0.479 e. The van der Waals surface area contributed by atoms with Crippen molar-refractivity contribution in [1.82, 2.24) is 0 Å². The summed E-state index contributed by atoms with van der Waals surface area (Å²) >= 11 is 5.58. The maximum atomic E-state index is 10.9. The molecule has 0 aliphatic carbocycles. The molecule has 1 atom stereocenters. The van der Waals surface area contributed by atoms with Crippen molar-refractivity contribution in [3.63, 3.8) is 0 Å². The highest BCUT2D eigenvalue weighted by atomic mass is 35.5. The van der Waals surface area contributed by atoms with Crippen molar-refractivity contribution in [1.29, 1.82) is 0 Å². The summed E-state index contributed by atoms with van der Waals surface area (Å²) < 4.78 is 10.7. The summed E-state index contributed by atoms with van der Waals surface area (Å²) in [5.74, 6) is -0.155. The van der Waals surface area contributed by atoms with E-state index in [4.69, 9.17) is 26.2 Å². The quantitative estimate of drug-likeness (QED) is 0.394. The first-order valence-corrected chi connectivity index (χ1v) is 7.74. The van der Waals surface area contributed by atoms with E-state index in [0.29, 0.717) is 26.2 Å². The molecule has 0 rings (SSSR count). The number of unbranched alkanes of at least 4 members (excludes halogenated alkanes) is 4. The monoisotopic (exact) mass is 294 g/mol. The van der Waals surface area contributed by atoms with Gasteiger partial charge in [-0.15, -0.1) is 11.6 Å². The number of aliphatic carboxylic acids is 1. The molecule has 0 aliphatic heterocycles. The molecule has 4 nitrogen and oxygen atoms in total. The minimum absolute atomic E-state index is 0.350. The molecule has 0 amide bonds. The number of alkyl halides is 1. The zero-order valence-corrected chi connectivity index (χ0v) is 12.7. The maximum Gasteiger partial charge on any atom is 0.332 e. The van der Waals surface area contributed by atoms with Gasteiger partial charge in [-0.3, -0.25) is 0 Å². The molecule has 0 saturated carbocycles. The molecular formula is C14H27ClO4.